The van der Waals surface area contributed by atoms with Crippen molar-refractivity contribution in [3.63, 3.8) is 0 Å². The van der Waals surface area contributed by atoms with Gasteiger partial charge in [-0.2, -0.15) is 0 Å². The third kappa shape index (κ3) is 2.93. The first-order valence-electron chi connectivity index (χ1n) is 7.09. The van der Waals surface area contributed by atoms with E-state index in [9.17, 15) is 0 Å². The van der Waals surface area contributed by atoms with Crippen LogP contribution in [0.2, 0.25) is 0 Å². The summed E-state index contributed by atoms with van der Waals surface area (Å²) in [5, 5.41) is 0. The molecule has 2 rings (SSSR count). The summed E-state index contributed by atoms with van der Waals surface area (Å²) in [6, 6.07) is 7.05. The smallest absolute Gasteiger partial charge is 0.0470 e. The first kappa shape index (κ1) is 13.6. The Morgan fingerprint density at radius 3 is 2.61 bits per heavy atom. The van der Waals surface area contributed by atoms with Gasteiger partial charge in [-0.15, -0.1) is 0 Å². The largest absolute Gasteiger partial charge is 0.329 e. The zero-order chi connectivity index (χ0) is 13.1. The number of hydrogen-bond donors (Lipinski definition) is 1. The maximum absolute atomic E-state index is 6.02. The van der Waals surface area contributed by atoms with Crippen LogP contribution in [0, 0.1) is 19.8 Å². The minimum Gasteiger partial charge on any atom is -0.329 e. The summed E-state index contributed by atoms with van der Waals surface area (Å²) in [5.41, 5.74) is 10.1. The zero-order valence-electron chi connectivity index (χ0n) is 11.9. The van der Waals surface area contributed by atoms with E-state index < -0.39 is 0 Å². The van der Waals surface area contributed by atoms with Crippen molar-refractivity contribution in [3.05, 3.63) is 34.9 Å². The predicted molar refractivity (Wildman–Crippen MR) is 77.7 cm³/mol. The van der Waals surface area contributed by atoms with Crippen molar-refractivity contribution in [1.29, 1.82) is 0 Å². The molecular weight excluding hydrogens is 220 g/mol. The van der Waals surface area contributed by atoms with Crippen molar-refractivity contribution in [2.75, 3.05) is 20.1 Å². The number of nitrogens with zero attached hydrogens (tertiary/aromatic N) is 1. The van der Waals surface area contributed by atoms with Crippen molar-refractivity contribution in [1.82, 2.24) is 4.90 Å². The Morgan fingerprint density at radius 2 is 2.06 bits per heavy atom. The summed E-state index contributed by atoms with van der Waals surface area (Å²) >= 11 is 0. The van der Waals surface area contributed by atoms with E-state index in [1.165, 1.54) is 42.5 Å². The molecule has 2 heteroatoms. The van der Waals surface area contributed by atoms with Crippen molar-refractivity contribution in [3.8, 4) is 0 Å². The summed E-state index contributed by atoms with van der Waals surface area (Å²) < 4.78 is 0. The number of hydrogen-bond acceptors (Lipinski definition) is 2. The van der Waals surface area contributed by atoms with Crippen molar-refractivity contribution >= 4 is 0 Å². The summed E-state index contributed by atoms with van der Waals surface area (Å²) in [4.78, 5) is 2.45. The number of nitrogens with two attached hydrogens (primary N) is 1. The topological polar surface area (TPSA) is 29.3 Å². The molecule has 1 aromatic carbocycles. The highest BCUT2D eigenvalue weighted by Crippen LogP contribution is 2.30. The second kappa shape index (κ2) is 5.85. The van der Waals surface area contributed by atoms with Gasteiger partial charge in [0.05, 0.1) is 0 Å². The van der Waals surface area contributed by atoms with Crippen molar-refractivity contribution in [2.45, 2.75) is 39.2 Å². The minimum absolute atomic E-state index is 0.366. The lowest BCUT2D eigenvalue weighted by Crippen LogP contribution is -2.36. The van der Waals surface area contributed by atoms with Gasteiger partial charge in [-0.25, -0.2) is 0 Å². The molecule has 1 aromatic rings. The molecule has 1 aliphatic rings. The SMILES string of the molecule is Cc1ccc(C)c(C(CN)N(C)CC2CCC2)c1. The third-order valence-corrected chi connectivity index (χ3v) is 4.32. The van der Waals surface area contributed by atoms with Crippen LogP contribution in [0.15, 0.2) is 18.2 Å². The van der Waals surface area contributed by atoms with Crippen LogP contribution in [0.1, 0.15) is 42.0 Å². The number of aryl methyl sites for hydroxylation is 2. The van der Waals surface area contributed by atoms with Gasteiger partial charge >= 0.3 is 0 Å². The van der Waals surface area contributed by atoms with Crippen LogP contribution in [0.3, 0.4) is 0 Å². The Bertz CT molecular complexity index is 396. The molecule has 0 heterocycles. The van der Waals surface area contributed by atoms with Crippen LogP contribution >= 0.6 is 0 Å². The maximum atomic E-state index is 6.02. The molecule has 18 heavy (non-hydrogen) atoms. The molecule has 0 aromatic heterocycles. The van der Waals surface area contributed by atoms with Gasteiger partial charge < -0.3 is 5.73 Å². The van der Waals surface area contributed by atoms with E-state index in [2.05, 4.69) is 44.0 Å². The third-order valence-electron chi connectivity index (χ3n) is 4.32. The Morgan fingerprint density at radius 1 is 1.33 bits per heavy atom. The molecule has 1 aliphatic carbocycles. The number of rotatable bonds is 5. The lowest BCUT2D eigenvalue weighted by atomic mass is 9.84. The van der Waals surface area contributed by atoms with Crippen LogP contribution in [0.25, 0.3) is 0 Å². The highest BCUT2D eigenvalue weighted by molar-refractivity contribution is 5.33. The van der Waals surface area contributed by atoms with E-state index in [0.717, 1.165) is 5.92 Å². The van der Waals surface area contributed by atoms with Crippen LogP contribution in [0.5, 0.6) is 0 Å². The molecule has 0 spiro atoms. The molecule has 0 aliphatic heterocycles. The summed E-state index contributed by atoms with van der Waals surface area (Å²) in [6.45, 7) is 6.24. The molecule has 0 radical (unpaired) electrons. The normalized spacial score (nSPS) is 17.8. The lowest BCUT2D eigenvalue weighted by molar-refractivity contribution is 0.164. The second-order valence-corrected chi connectivity index (χ2v) is 5.85. The Balaban J connectivity index is 2.12. The Labute approximate surface area is 111 Å². The van der Waals surface area contributed by atoms with Gasteiger partial charge in [0, 0.05) is 19.1 Å². The molecule has 0 saturated heterocycles. The van der Waals surface area contributed by atoms with Gasteiger partial charge in [-0.05, 0) is 50.8 Å². The molecule has 1 unspecified atom stereocenters. The zero-order valence-corrected chi connectivity index (χ0v) is 11.9. The molecule has 0 amide bonds. The molecule has 1 saturated carbocycles. The average molecular weight is 246 g/mol. The monoisotopic (exact) mass is 246 g/mol. The van der Waals surface area contributed by atoms with E-state index in [0.29, 0.717) is 12.6 Å². The van der Waals surface area contributed by atoms with Gasteiger partial charge in [0.2, 0.25) is 0 Å². The maximum Gasteiger partial charge on any atom is 0.0470 e. The first-order chi connectivity index (χ1) is 8.61. The highest BCUT2D eigenvalue weighted by atomic mass is 15.1. The lowest BCUT2D eigenvalue weighted by Gasteiger charge is -2.35. The van der Waals surface area contributed by atoms with Crippen LogP contribution < -0.4 is 5.73 Å². The first-order valence-corrected chi connectivity index (χ1v) is 7.09. The second-order valence-electron chi connectivity index (χ2n) is 5.85. The van der Waals surface area contributed by atoms with Gasteiger partial charge in [0.15, 0.2) is 0 Å². The van der Waals surface area contributed by atoms with Gasteiger partial charge in [-0.3, -0.25) is 4.90 Å². The van der Waals surface area contributed by atoms with Gasteiger partial charge in [0.1, 0.15) is 0 Å². The standard InChI is InChI=1S/C16H26N2/c1-12-7-8-13(2)15(9-12)16(10-17)18(3)11-14-5-4-6-14/h7-9,14,16H,4-6,10-11,17H2,1-3H3. The van der Waals surface area contributed by atoms with E-state index in [4.69, 9.17) is 5.73 Å². The average Bonchev–Trinajstić information content (AvgIpc) is 2.29. The van der Waals surface area contributed by atoms with E-state index >= 15 is 0 Å². The van der Waals surface area contributed by atoms with Crippen LogP contribution in [-0.4, -0.2) is 25.0 Å². The minimum atomic E-state index is 0.366. The van der Waals surface area contributed by atoms with E-state index in [1.54, 1.807) is 0 Å². The molecule has 100 valence electrons. The predicted octanol–water partition coefficient (Wildman–Crippen LogP) is 3.04. The fraction of sp³-hybridized carbons (Fsp3) is 0.625. The Hall–Kier alpha value is -0.860. The molecular formula is C16H26N2. The van der Waals surface area contributed by atoms with Crippen molar-refractivity contribution < 1.29 is 0 Å². The summed E-state index contributed by atoms with van der Waals surface area (Å²) in [5.74, 6) is 0.897. The fourth-order valence-corrected chi connectivity index (χ4v) is 2.87. The van der Waals surface area contributed by atoms with Gasteiger partial charge in [0.25, 0.3) is 0 Å². The molecule has 0 bridgehead atoms. The highest BCUT2D eigenvalue weighted by Gasteiger charge is 2.24. The molecule has 2 N–H and O–H groups in total. The van der Waals surface area contributed by atoms with Crippen LogP contribution in [-0.2, 0) is 0 Å². The molecule has 1 atom stereocenters. The van der Waals surface area contributed by atoms with Gasteiger partial charge in [-0.1, -0.05) is 30.2 Å². The van der Waals surface area contributed by atoms with E-state index in [-0.39, 0.29) is 0 Å². The summed E-state index contributed by atoms with van der Waals surface area (Å²) in [7, 11) is 2.22. The quantitative estimate of drug-likeness (QED) is 0.865. The van der Waals surface area contributed by atoms with Crippen LogP contribution in [0.4, 0.5) is 0 Å². The van der Waals surface area contributed by atoms with Crippen molar-refractivity contribution in [2.24, 2.45) is 11.7 Å². The van der Waals surface area contributed by atoms with E-state index in [1.807, 2.05) is 0 Å². The number of likely N-dealkylation sites (N-methyl/N-ethyl adjacent to an activating group) is 1. The molecule has 2 nitrogen and oxygen atoms in total. The summed E-state index contributed by atoms with van der Waals surface area (Å²) in [6.07, 6.45) is 4.21. The Kier molecular flexibility index (Phi) is 4.41. The number of benzene rings is 1. The molecule has 1 fully saturated rings. The fourth-order valence-electron chi connectivity index (χ4n) is 2.87.